The Bertz CT molecular complexity index is 821. The molecule has 0 radical (unpaired) electrons. The van der Waals surface area contributed by atoms with Gasteiger partial charge in [-0.05, 0) is 18.2 Å². The Balaban J connectivity index is 2.16. The van der Waals surface area contributed by atoms with Crippen molar-refractivity contribution in [3.63, 3.8) is 0 Å². The van der Waals surface area contributed by atoms with Gasteiger partial charge >= 0.3 is 0 Å². The number of aromatic nitrogens is 2. The molecule has 0 aliphatic carbocycles. The van der Waals surface area contributed by atoms with Gasteiger partial charge in [0, 0.05) is 11.1 Å². The number of para-hydroxylation sites is 2. The highest BCUT2D eigenvalue weighted by Crippen LogP contribution is 2.16. The third-order valence-corrected chi connectivity index (χ3v) is 3.05. The number of imidazole rings is 1. The second-order valence-corrected chi connectivity index (χ2v) is 4.24. The van der Waals surface area contributed by atoms with E-state index in [1.165, 1.54) is 23.0 Å². The molecule has 5 nitrogen and oxygen atoms in total. The van der Waals surface area contributed by atoms with Gasteiger partial charge in [0.15, 0.2) is 0 Å². The van der Waals surface area contributed by atoms with E-state index >= 15 is 0 Å². The number of hydrogen-bond acceptors (Lipinski definition) is 4. The molecule has 2 aromatic carbocycles. The van der Waals surface area contributed by atoms with Crippen LogP contribution in [0.4, 0.5) is 0 Å². The molecule has 3 aromatic rings. The molecule has 0 saturated heterocycles. The molecule has 0 aliphatic heterocycles. The van der Waals surface area contributed by atoms with Crippen molar-refractivity contribution in [1.82, 2.24) is 9.55 Å². The third-order valence-electron chi connectivity index (χ3n) is 3.05. The molecule has 0 N–H and O–H groups in total. The molecule has 0 spiro atoms. The summed E-state index contributed by atoms with van der Waals surface area (Å²) in [7, 11) is 0. The van der Waals surface area contributed by atoms with E-state index in [0.29, 0.717) is 11.0 Å². The molecule has 3 rings (SSSR count). The quantitative estimate of drug-likeness (QED) is 0.695. The number of rotatable bonds is 2. The number of carbonyl (C=O) groups is 2. The molecular weight excluding hydrogens is 256 g/mol. The number of nitrogens with zero attached hydrogens (tertiary/aromatic N) is 2. The van der Waals surface area contributed by atoms with Gasteiger partial charge in [-0.25, -0.2) is 4.98 Å². The minimum absolute atomic E-state index is 0.0793. The van der Waals surface area contributed by atoms with Gasteiger partial charge in [-0.15, -0.1) is 0 Å². The average Bonchev–Trinajstić information content (AvgIpc) is 2.90. The summed E-state index contributed by atoms with van der Waals surface area (Å²) in [6, 6.07) is 13.1. The Morgan fingerprint density at radius 2 is 1.60 bits per heavy atom. The summed E-state index contributed by atoms with van der Waals surface area (Å²) >= 11 is 0. The van der Waals surface area contributed by atoms with Gasteiger partial charge in [-0.3, -0.25) is 9.36 Å². The van der Waals surface area contributed by atoms with E-state index in [1.807, 2.05) is 6.07 Å². The topological polar surface area (TPSA) is 75.0 Å². The van der Waals surface area contributed by atoms with E-state index in [2.05, 4.69) is 4.98 Å². The number of carboxylic acids is 1. The minimum Gasteiger partial charge on any atom is -0.545 e. The van der Waals surface area contributed by atoms with E-state index in [4.69, 9.17) is 0 Å². The van der Waals surface area contributed by atoms with E-state index < -0.39 is 11.9 Å². The van der Waals surface area contributed by atoms with Crippen LogP contribution in [0.3, 0.4) is 0 Å². The summed E-state index contributed by atoms with van der Waals surface area (Å²) in [5, 5.41) is 11.1. The van der Waals surface area contributed by atoms with Crippen molar-refractivity contribution in [3.05, 3.63) is 66.0 Å². The highest BCUT2D eigenvalue weighted by atomic mass is 16.4. The van der Waals surface area contributed by atoms with Gasteiger partial charge in [0.1, 0.15) is 6.33 Å². The fourth-order valence-corrected chi connectivity index (χ4v) is 2.10. The SMILES string of the molecule is O=C([O-])c1ccccc1C(=O)n1cnc2ccccc21. The van der Waals surface area contributed by atoms with Gasteiger partial charge in [0.25, 0.3) is 5.91 Å². The molecule has 20 heavy (non-hydrogen) atoms. The first-order valence-electron chi connectivity index (χ1n) is 5.95. The normalized spacial score (nSPS) is 10.6. The molecule has 98 valence electrons. The van der Waals surface area contributed by atoms with Crippen molar-refractivity contribution in [2.75, 3.05) is 0 Å². The Morgan fingerprint density at radius 3 is 2.35 bits per heavy atom. The zero-order valence-electron chi connectivity index (χ0n) is 10.3. The van der Waals surface area contributed by atoms with Crippen molar-refractivity contribution in [3.8, 4) is 0 Å². The zero-order valence-corrected chi connectivity index (χ0v) is 10.3. The van der Waals surface area contributed by atoms with Crippen LogP contribution in [0.15, 0.2) is 54.9 Å². The predicted molar refractivity (Wildman–Crippen MR) is 70.2 cm³/mol. The van der Waals surface area contributed by atoms with E-state index in [0.717, 1.165) is 0 Å². The third kappa shape index (κ3) is 1.85. The number of benzene rings is 2. The predicted octanol–water partition coefficient (Wildman–Crippen LogP) is 1.09. The number of carbonyl (C=O) groups excluding carboxylic acids is 2. The average molecular weight is 265 g/mol. The van der Waals surface area contributed by atoms with Crippen molar-refractivity contribution in [1.29, 1.82) is 0 Å². The van der Waals surface area contributed by atoms with Crippen LogP contribution in [0.1, 0.15) is 20.7 Å². The fourth-order valence-electron chi connectivity index (χ4n) is 2.10. The lowest BCUT2D eigenvalue weighted by molar-refractivity contribution is -0.255. The number of hydrogen-bond donors (Lipinski definition) is 0. The first kappa shape index (κ1) is 12.1. The zero-order chi connectivity index (χ0) is 14.1. The van der Waals surface area contributed by atoms with Gasteiger partial charge < -0.3 is 9.90 Å². The van der Waals surface area contributed by atoms with Crippen molar-refractivity contribution < 1.29 is 14.7 Å². The Labute approximate surface area is 114 Å². The molecular formula is C15H9N2O3-. The van der Waals surface area contributed by atoms with Crippen LogP contribution in [0.5, 0.6) is 0 Å². The summed E-state index contributed by atoms with van der Waals surface area (Å²) < 4.78 is 1.33. The molecule has 0 unspecified atom stereocenters. The standard InChI is InChI=1S/C15H10N2O3/c18-14(10-5-1-2-6-11(10)15(19)20)17-9-16-12-7-3-4-8-13(12)17/h1-9H,(H,19,20)/p-1. The van der Waals surface area contributed by atoms with Gasteiger partial charge in [-0.2, -0.15) is 0 Å². The maximum Gasteiger partial charge on any atom is 0.264 e. The van der Waals surface area contributed by atoms with E-state index in [9.17, 15) is 14.7 Å². The van der Waals surface area contributed by atoms with Gasteiger partial charge in [0.2, 0.25) is 0 Å². The lowest BCUT2D eigenvalue weighted by Gasteiger charge is -2.09. The van der Waals surface area contributed by atoms with Crippen LogP contribution in [0.25, 0.3) is 11.0 Å². The highest BCUT2D eigenvalue weighted by Gasteiger charge is 2.15. The molecule has 0 fully saturated rings. The minimum atomic E-state index is -1.38. The summed E-state index contributed by atoms with van der Waals surface area (Å²) in [6.07, 6.45) is 1.39. The van der Waals surface area contributed by atoms with Crippen LogP contribution in [0.2, 0.25) is 0 Å². The summed E-state index contributed by atoms with van der Waals surface area (Å²) in [4.78, 5) is 27.7. The Kier molecular flexibility index (Phi) is 2.80. The molecule has 0 aliphatic rings. The summed E-state index contributed by atoms with van der Waals surface area (Å²) in [5.41, 5.74) is 1.25. The molecule has 0 amide bonds. The first-order valence-corrected chi connectivity index (χ1v) is 5.95. The van der Waals surface area contributed by atoms with Gasteiger partial charge in [0.05, 0.1) is 17.0 Å². The first-order chi connectivity index (χ1) is 9.68. The molecule has 5 heteroatoms. The highest BCUT2D eigenvalue weighted by molar-refractivity contribution is 6.07. The second-order valence-electron chi connectivity index (χ2n) is 4.24. The fraction of sp³-hybridized carbons (Fsp3) is 0. The Hall–Kier alpha value is -2.95. The monoisotopic (exact) mass is 265 g/mol. The van der Waals surface area contributed by atoms with E-state index in [-0.39, 0.29) is 11.1 Å². The van der Waals surface area contributed by atoms with Crippen LogP contribution < -0.4 is 5.11 Å². The van der Waals surface area contributed by atoms with Crippen LogP contribution in [-0.2, 0) is 0 Å². The maximum absolute atomic E-state index is 12.5. The molecule has 0 saturated carbocycles. The van der Waals surface area contributed by atoms with Crippen LogP contribution in [-0.4, -0.2) is 21.4 Å². The van der Waals surface area contributed by atoms with E-state index in [1.54, 1.807) is 30.3 Å². The number of aromatic carboxylic acids is 1. The lowest BCUT2D eigenvalue weighted by atomic mass is 10.1. The van der Waals surface area contributed by atoms with Crippen LogP contribution >= 0.6 is 0 Å². The van der Waals surface area contributed by atoms with Gasteiger partial charge in [-0.1, -0.05) is 30.3 Å². The Morgan fingerprint density at radius 1 is 0.950 bits per heavy atom. The molecule has 1 aromatic heterocycles. The largest absolute Gasteiger partial charge is 0.545 e. The second kappa shape index (κ2) is 4.62. The van der Waals surface area contributed by atoms with Crippen molar-refractivity contribution >= 4 is 22.9 Å². The number of carboxylic acid groups (broad SMARTS) is 1. The van der Waals surface area contributed by atoms with Crippen molar-refractivity contribution in [2.24, 2.45) is 0 Å². The lowest BCUT2D eigenvalue weighted by Crippen LogP contribution is -2.26. The van der Waals surface area contributed by atoms with Crippen molar-refractivity contribution in [2.45, 2.75) is 0 Å². The smallest absolute Gasteiger partial charge is 0.264 e. The molecule has 0 atom stereocenters. The summed E-state index contributed by atoms with van der Waals surface area (Å²) in [6.45, 7) is 0. The number of fused-ring (bicyclic) bond motifs is 1. The molecule has 1 heterocycles. The van der Waals surface area contributed by atoms with Crippen LogP contribution in [0, 0.1) is 0 Å². The maximum atomic E-state index is 12.5. The summed E-state index contributed by atoms with van der Waals surface area (Å²) in [5.74, 6) is -1.82. The molecule has 0 bridgehead atoms.